The van der Waals surface area contributed by atoms with Gasteiger partial charge in [0.2, 0.25) is 11.8 Å². The van der Waals surface area contributed by atoms with Gasteiger partial charge in [0, 0.05) is 17.9 Å². The van der Waals surface area contributed by atoms with Crippen LogP contribution < -0.4 is 10.2 Å². The largest absolute Gasteiger partial charge is 0.351 e. The first kappa shape index (κ1) is 24.6. The lowest BCUT2D eigenvalue weighted by Crippen LogP contribution is -2.48. The van der Waals surface area contributed by atoms with Gasteiger partial charge in [-0.15, -0.1) is 0 Å². The molecule has 1 aliphatic carbocycles. The van der Waals surface area contributed by atoms with Crippen molar-refractivity contribution in [1.82, 2.24) is 19.9 Å². The second-order valence-corrected chi connectivity index (χ2v) is 9.58. The number of amides is 2. The molecule has 0 bridgehead atoms. The predicted molar refractivity (Wildman–Crippen MR) is 140 cm³/mol. The average Bonchev–Trinajstić information content (AvgIpc) is 3.31. The summed E-state index contributed by atoms with van der Waals surface area (Å²) < 4.78 is 16.2. The fourth-order valence-corrected chi connectivity index (χ4v) is 5.14. The van der Waals surface area contributed by atoms with Crippen molar-refractivity contribution in [1.29, 1.82) is 0 Å². The normalized spacial score (nSPS) is 14.9. The summed E-state index contributed by atoms with van der Waals surface area (Å²) in [5, 5.41) is 3.20. The predicted octanol–water partition coefficient (Wildman–Crippen LogP) is 5.10. The Labute approximate surface area is 215 Å². The number of anilines is 1. The summed E-state index contributed by atoms with van der Waals surface area (Å²) in [6.07, 6.45) is 9.97. The highest BCUT2D eigenvalue weighted by atomic mass is 19.1. The van der Waals surface area contributed by atoms with Crippen molar-refractivity contribution in [2.75, 3.05) is 4.90 Å². The molecule has 1 N–H and O–H groups in total. The molecule has 1 aliphatic rings. The molecule has 0 aliphatic heterocycles. The third-order valence-electron chi connectivity index (χ3n) is 7.03. The van der Waals surface area contributed by atoms with Gasteiger partial charge < -0.3 is 9.88 Å². The molecule has 7 nitrogen and oxygen atoms in total. The van der Waals surface area contributed by atoms with Crippen LogP contribution in [0.3, 0.4) is 0 Å². The van der Waals surface area contributed by atoms with Crippen molar-refractivity contribution in [3.63, 3.8) is 0 Å². The van der Waals surface area contributed by atoms with Gasteiger partial charge in [0.1, 0.15) is 23.9 Å². The highest BCUT2D eigenvalue weighted by Gasteiger charge is 2.35. The van der Waals surface area contributed by atoms with Crippen LogP contribution in [0.25, 0.3) is 11.0 Å². The molecule has 2 heterocycles. The molecule has 190 valence electrons. The molecular weight excluding hydrogens is 469 g/mol. The lowest BCUT2D eigenvalue weighted by atomic mass is 9.93. The van der Waals surface area contributed by atoms with Crippen molar-refractivity contribution in [2.45, 2.75) is 57.7 Å². The van der Waals surface area contributed by atoms with Crippen LogP contribution in [0.15, 0.2) is 73.3 Å². The van der Waals surface area contributed by atoms with Gasteiger partial charge in [0.05, 0.1) is 18.0 Å². The van der Waals surface area contributed by atoms with E-state index in [0.717, 1.165) is 43.2 Å². The van der Waals surface area contributed by atoms with E-state index in [2.05, 4.69) is 15.3 Å². The molecule has 1 atom stereocenters. The molecule has 0 saturated heterocycles. The van der Waals surface area contributed by atoms with Crippen molar-refractivity contribution in [2.24, 2.45) is 0 Å². The fourth-order valence-electron chi connectivity index (χ4n) is 5.14. The number of rotatable bonds is 7. The van der Waals surface area contributed by atoms with Crippen LogP contribution in [0.5, 0.6) is 0 Å². The number of halogens is 1. The first-order valence-electron chi connectivity index (χ1n) is 12.7. The van der Waals surface area contributed by atoms with Gasteiger partial charge in [-0.05, 0) is 55.2 Å². The van der Waals surface area contributed by atoms with Crippen LogP contribution in [0.2, 0.25) is 0 Å². The van der Waals surface area contributed by atoms with Crippen molar-refractivity contribution < 1.29 is 14.0 Å². The van der Waals surface area contributed by atoms with Crippen molar-refractivity contribution in [3.05, 3.63) is 90.3 Å². The number of benzene rings is 2. The lowest BCUT2D eigenvalue weighted by Gasteiger charge is -2.34. The second-order valence-electron chi connectivity index (χ2n) is 9.58. The molecule has 1 fully saturated rings. The highest BCUT2D eigenvalue weighted by Crippen LogP contribution is 2.32. The minimum atomic E-state index is -0.964. The molecule has 0 radical (unpaired) electrons. The summed E-state index contributed by atoms with van der Waals surface area (Å²) in [5.41, 5.74) is 3.32. The van der Waals surface area contributed by atoms with Crippen LogP contribution in [-0.2, 0) is 16.1 Å². The Hall–Kier alpha value is -4.07. The molecule has 4 aromatic rings. The zero-order valence-corrected chi connectivity index (χ0v) is 20.8. The van der Waals surface area contributed by atoms with Gasteiger partial charge in [-0.2, -0.15) is 0 Å². The number of pyridine rings is 1. The minimum absolute atomic E-state index is 0.0577. The van der Waals surface area contributed by atoms with E-state index in [0.29, 0.717) is 16.8 Å². The zero-order valence-electron chi connectivity index (χ0n) is 20.8. The van der Waals surface area contributed by atoms with Crippen LogP contribution in [0.4, 0.5) is 10.1 Å². The quantitative estimate of drug-likeness (QED) is 0.384. The van der Waals surface area contributed by atoms with Crippen molar-refractivity contribution >= 4 is 28.5 Å². The number of nitrogens with zero attached hydrogens (tertiary/aromatic N) is 4. The average molecular weight is 500 g/mol. The van der Waals surface area contributed by atoms with E-state index in [9.17, 15) is 14.0 Å². The van der Waals surface area contributed by atoms with E-state index >= 15 is 0 Å². The number of imidazole rings is 1. The maximum atomic E-state index is 14.4. The Bertz CT molecular complexity index is 1410. The zero-order chi connectivity index (χ0) is 25.8. The van der Waals surface area contributed by atoms with E-state index in [4.69, 9.17) is 0 Å². The summed E-state index contributed by atoms with van der Waals surface area (Å²) in [5.74, 6) is -1.10. The third kappa shape index (κ3) is 5.38. The minimum Gasteiger partial charge on any atom is -0.351 e. The highest BCUT2D eigenvalue weighted by molar-refractivity contribution is 6.01. The standard InChI is InChI=1S/C29H30FN5O2/c1-20-8-5-6-13-24(20)28(29(37)33-22-10-3-2-4-11-22)35(23-12-7-9-21(30)16-23)27(36)18-34-19-32-25-17-31-15-14-26(25)34/h5-9,12-17,19,22,28H,2-4,10-11,18H2,1H3,(H,33,37). The Morgan fingerprint density at radius 1 is 1.11 bits per heavy atom. The molecule has 2 amide bonds. The fraction of sp³-hybridized carbons (Fsp3) is 0.310. The number of hydrogen-bond acceptors (Lipinski definition) is 4. The van der Waals surface area contributed by atoms with E-state index in [-0.39, 0.29) is 24.4 Å². The third-order valence-corrected chi connectivity index (χ3v) is 7.03. The molecule has 37 heavy (non-hydrogen) atoms. The summed E-state index contributed by atoms with van der Waals surface area (Å²) in [7, 11) is 0. The Morgan fingerprint density at radius 3 is 2.70 bits per heavy atom. The van der Waals surface area contributed by atoms with Crippen LogP contribution in [0.1, 0.15) is 49.3 Å². The molecule has 8 heteroatoms. The van der Waals surface area contributed by atoms with Gasteiger partial charge in [-0.1, -0.05) is 49.6 Å². The Morgan fingerprint density at radius 2 is 1.92 bits per heavy atom. The van der Waals surface area contributed by atoms with Crippen LogP contribution in [0, 0.1) is 12.7 Å². The van der Waals surface area contributed by atoms with Crippen LogP contribution in [-0.4, -0.2) is 32.4 Å². The maximum absolute atomic E-state index is 14.4. The summed E-state index contributed by atoms with van der Waals surface area (Å²) in [6, 6.07) is 14.3. The second kappa shape index (κ2) is 10.9. The van der Waals surface area contributed by atoms with Crippen molar-refractivity contribution in [3.8, 4) is 0 Å². The summed E-state index contributed by atoms with van der Waals surface area (Å²) in [4.78, 5) is 37.9. The van der Waals surface area contributed by atoms with E-state index in [1.165, 1.54) is 17.0 Å². The monoisotopic (exact) mass is 499 g/mol. The first-order valence-corrected chi connectivity index (χ1v) is 12.7. The van der Waals surface area contributed by atoms with Gasteiger partial charge >= 0.3 is 0 Å². The van der Waals surface area contributed by atoms with Gasteiger partial charge in [-0.3, -0.25) is 19.5 Å². The number of hydrogen-bond donors (Lipinski definition) is 1. The molecule has 1 saturated carbocycles. The van der Waals surface area contributed by atoms with E-state index in [1.807, 2.05) is 31.2 Å². The SMILES string of the molecule is Cc1ccccc1C(C(=O)NC1CCCCC1)N(C(=O)Cn1cnc2cnccc21)c1cccc(F)c1. The van der Waals surface area contributed by atoms with Gasteiger partial charge in [0.25, 0.3) is 0 Å². The Kier molecular flexibility index (Phi) is 7.25. The first-order chi connectivity index (χ1) is 18.0. The number of aromatic nitrogens is 3. The number of aryl methyl sites for hydroxylation is 1. The molecular formula is C29H30FN5O2. The summed E-state index contributed by atoms with van der Waals surface area (Å²) >= 11 is 0. The number of carbonyl (C=O) groups excluding carboxylic acids is 2. The Balaban J connectivity index is 1.57. The molecule has 5 rings (SSSR count). The number of carbonyl (C=O) groups is 2. The summed E-state index contributed by atoms with van der Waals surface area (Å²) in [6.45, 7) is 1.84. The number of fused-ring (bicyclic) bond motifs is 1. The maximum Gasteiger partial charge on any atom is 0.248 e. The molecule has 2 aromatic carbocycles. The van der Waals surface area contributed by atoms with Crippen LogP contribution >= 0.6 is 0 Å². The molecule has 2 aromatic heterocycles. The van der Waals surface area contributed by atoms with Gasteiger partial charge in [-0.25, -0.2) is 9.37 Å². The van der Waals surface area contributed by atoms with Gasteiger partial charge in [0.15, 0.2) is 0 Å². The number of nitrogens with one attached hydrogen (secondary N) is 1. The smallest absolute Gasteiger partial charge is 0.248 e. The molecule has 1 unspecified atom stereocenters. The lowest BCUT2D eigenvalue weighted by molar-refractivity contribution is -0.127. The topological polar surface area (TPSA) is 80.1 Å². The van der Waals surface area contributed by atoms with E-state index in [1.54, 1.807) is 41.5 Å². The molecule has 0 spiro atoms. The van der Waals surface area contributed by atoms with E-state index < -0.39 is 11.9 Å².